The van der Waals surface area contributed by atoms with Gasteiger partial charge in [0.05, 0.1) is 11.6 Å². The summed E-state index contributed by atoms with van der Waals surface area (Å²) in [5.41, 5.74) is 8.04. The molecular formula is C22H28Cl2N2O2. The molecule has 28 heavy (non-hydrogen) atoms. The molecule has 1 heterocycles. The summed E-state index contributed by atoms with van der Waals surface area (Å²) < 4.78 is 0. The van der Waals surface area contributed by atoms with Gasteiger partial charge >= 0.3 is 0 Å². The van der Waals surface area contributed by atoms with Crippen molar-refractivity contribution in [3.63, 3.8) is 0 Å². The topological polar surface area (TPSA) is 78.5 Å². The van der Waals surface area contributed by atoms with Crippen molar-refractivity contribution in [3.8, 4) is 0 Å². The fraction of sp³-hybridized carbons (Fsp3) is 0.455. The Morgan fingerprint density at radius 3 is 2.25 bits per heavy atom. The van der Waals surface area contributed by atoms with Crippen molar-refractivity contribution in [2.45, 2.75) is 57.0 Å². The normalized spacial score (nSPS) is 28.1. The van der Waals surface area contributed by atoms with Crippen molar-refractivity contribution in [1.29, 1.82) is 0 Å². The first-order valence-corrected chi connectivity index (χ1v) is 10.2. The molecule has 0 bridgehead atoms. The lowest BCUT2D eigenvalue weighted by atomic mass is 9.68. The van der Waals surface area contributed by atoms with E-state index >= 15 is 0 Å². The van der Waals surface area contributed by atoms with Crippen LogP contribution < -0.4 is 11.1 Å². The number of aliphatic hydroxyl groups excluding tert-OH is 1. The molecule has 0 aromatic heterocycles. The van der Waals surface area contributed by atoms with E-state index in [2.05, 4.69) is 26.1 Å². The third-order valence-corrected chi connectivity index (χ3v) is 6.02. The highest BCUT2D eigenvalue weighted by atomic mass is 35.5. The minimum Gasteiger partial charge on any atom is -0.367 e. The van der Waals surface area contributed by atoms with Crippen LogP contribution in [0.1, 0.15) is 44.2 Å². The monoisotopic (exact) mass is 422 g/mol. The number of hydrogen-bond acceptors (Lipinski definition) is 4. The van der Waals surface area contributed by atoms with E-state index in [0.717, 1.165) is 17.5 Å². The summed E-state index contributed by atoms with van der Waals surface area (Å²) in [5.74, 6) is -0.389. The molecule has 0 radical (unpaired) electrons. The van der Waals surface area contributed by atoms with Crippen molar-refractivity contribution in [2.75, 3.05) is 0 Å². The van der Waals surface area contributed by atoms with Crippen molar-refractivity contribution in [2.24, 2.45) is 11.1 Å². The van der Waals surface area contributed by atoms with E-state index in [4.69, 9.17) is 28.9 Å². The SMILES string of the molecule is CC(C)(C)CC1NC(C(O)O)C(c2cccc(Cl)c2)C1(N)c1ccc(Cl)cc1. The van der Waals surface area contributed by atoms with Gasteiger partial charge in [-0.25, -0.2) is 0 Å². The van der Waals surface area contributed by atoms with Crippen LogP contribution in [0.3, 0.4) is 0 Å². The van der Waals surface area contributed by atoms with E-state index < -0.39 is 17.9 Å². The van der Waals surface area contributed by atoms with Gasteiger partial charge in [-0.2, -0.15) is 0 Å². The molecule has 1 saturated heterocycles. The van der Waals surface area contributed by atoms with Crippen LogP contribution >= 0.6 is 23.2 Å². The zero-order chi connectivity index (χ0) is 20.7. The molecule has 4 atom stereocenters. The standard InChI is InChI=1S/C22H28Cl2N2O2/c1-21(2,3)12-17-22(25,14-7-9-15(23)10-8-14)18(19(26-17)20(27)28)13-5-4-6-16(24)11-13/h4-11,17-20,26-28H,12,25H2,1-3H3. The summed E-state index contributed by atoms with van der Waals surface area (Å²) in [6.07, 6.45) is -0.809. The van der Waals surface area contributed by atoms with Crippen LogP contribution in [-0.2, 0) is 5.54 Å². The first kappa shape index (κ1) is 21.6. The maximum absolute atomic E-state index is 10.2. The van der Waals surface area contributed by atoms with Gasteiger partial charge < -0.3 is 21.3 Å². The fourth-order valence-electron chi connectivity index (χ4n) is 4.38. The van der Waals surface area contributed by atoms with Crippen LogP contribution in [0.25, 0.3) is 0 Å². The zero-order valence-corrected chi connectivity index (χ0v) is 17.9. The number of hydrogen-bond donors (Lipinski definition) is 4. The van der Waals surface area contributed by atoms with E-state index in [0.29, 0.717) is 10.0 Å². The molecule has 0 amide bonds. The minimum atomic E-state index is -1.57. The minimum absolute atomic E-state index is 0.0110. The molecule has 2 aromatic rings. The fourth-order valence-corrected chi connectivity index (χ4v) is 4.71. The van der Waals surface area contributed by atoms with Crippen LogP contribution in [0.5, 0.6) is 0 Å². The van der Waals surface area contributed by atoms with Crippen LogP contribution in [0, 0.1) is 5.41 Å². The van der Waals surface area contributed by atoms with Crippen molar-refractivity contribution in [1.82, 2.24) is 5.32 Å². The molecule has 6 heteroatoms. The molecule has 2 aromatic carbocycles. The van der Waals surface area contributed by atoms with Crippen LogP contribution in [0.15, 0.2) is 48.5 Å². The predicted octanol–water partition coefficient (Wildman–Crippen LogP) is 4.02. The molecule has 1 aliphatic heterocycles. The highest BCUT2D eigenvalue weighted by Gasteiger charge is 2.56. The van der Waals surface area contributed by atoms with Gasteiger partial charge in [0.1, 0.15) is 0 Å². The number of rotatable bonds is 4. The van der Waals surface area contributed by atoms with E-state index in [1.807, 2.05) is 42.5 Å². The third-order valence-electron chi connectivity index (χ3n) is 5.53. The summed E-state index contributed by atoms with van der Waals surface area (Å²) in [5, 5.41) is 25.0. The van der Waals surface area contributed by atoms with E-state index in [1.165, 1.54) is 0 Å². The summed E-state index contributed by atoms with van der Waals surface area (Å²) in [6.45, 7) is 6.44. The Bertz CT molecular complexity index is 820. The molecule has 3 rings (SSSR count). The molecule has 1 aliphatic rings. The first-order chi connectivity index (χ1) is 13.0. The zero-order valence-electron chi connectivity index (χ0n) is 16.4. The van der Waals surface area contributed by atoms with Gasteiger partial charge in [-0.1, -0.05) is 68.2 Å². The summed E-state index contributed by atoms with van der Waals surface area (Å²) >= 11 is 12.4. The Hall–Kier alpha value is -1.14. The summed E-state index contributed by atoms with van der Waals surface area (Å²) in [7, 11) is 0. The Labute approximate surface area is 176 Å². The van der Waals surface area contributed by atoms with Crippen LogP contribution in [0.2, 0.25) is 10.0 Å². The second-order valence-electron chi connectivity index (χ2n) is 8.90. The lowest BCUT2D eigenvalue weighted by Gasteiger charge is -2.40. The van der Waals surface area contributed by atoms with Gasteiger partial charge in [-0.3, -0.25) is 0 Å². The quantitative estimate of drug-likeness (QED) is 0.561. The maximum atomic E-state index is 10.2. The Balaban J connectivity index is 2.19. The Morgan fingerprint density at radius 1 is 1.07 bits per heavy atom. The van der Waals surface area contributed by atoms with Gasteiger partial charge in [0, 0.05) is 22.0 Å². The molecule has 0 saturated carbocycles. The van der Waals surface area contributed by atoms with E-state index in [1.54, 1.807) is 6.07 Å². The molecule has 0 aliphatic carbocycles. The molecule has 4 nitrogen and oxygen atoms in total. The molecule has 152 valence electrons. The third kappa shape index (κ3) is 4.23. The van der Waals surface area contributed by atoms with Crippen molar-refractivity contribution >= 4 is 23.2 Å². The lowest BCUT2D eigenvalue weighted by molar-refractivity contribution is -0.0685. The summed E-state index contributed by atoms with van der Waals surface area (Å²) in [4.78, 5) is 0. The van der Waals surface area contributed by atoms with Gasteiger partial charge in [0.15, 0.2) is 6.29 Å². The molecule has 5 N–H and O–H groups in total. The average molecular weight is 423 g/mol. The van der Waals surface area contributed by atoms with Gasteiger partial charge in [-0.05, 0) is 47.2 Å². The summed E-state index contributed by atoms with van der Waals surface area (Å²) in [6, 6.07) is 14.1. The van der Waals surface area contributed by atoms with Crippen LogP contribution in [0.4, 0.5) is 0 Å². The second-order valence-corrected chi connectivity index (χ2v) is 9.77. The second kappa shape index (κ2) is 7.94. The molecule has 0 spiro atoms. The number of halogens is 2. The van der Waals surface area contributed by atoms with Crippen molar-refractivity contribution in [3.05, 3.63) is 69.7 Å². The average Bonchev–Trinajstić information content (AvgIpc) is 2.88. The van der Waals surface area contributed by atoms with Gasteiger partial charge in [-0.15, -0.1) is 0 Å². The number of nitrogens with two attached hydrogens (primary N) is 1. The van der Waals surface area contributed by atoms with E-state index in [9.17, 15) is 10.2 Å². The highest BCUT2D eigenvalue weighted by Crippen LogP contribution is 2.48. The Morgan fingerprint density at radius 2 is 1.71 bits per heavy atom. The smallest absolute Gasteiger partial charge is 0.167 e. The lowest BCUT2D eigenvalue weighted by Crippen LogP contribution is -2.51. The number of benzene rings is 2. The van der Waals surface area contributed by atoms with Gasteiger partial charge in [0.25, 0.3) is 0 Å². The van der Waals surface area contributed by atoms with Crippen molar-refractivity contribution < 1.29 is 10.2 Å². The predicted molar refractivity (Wildman–Crippen MR) is 115 cm³/mol. The maximum Gasteiger partial charge on any atom is 0.167 e. The van der Waals surface area contributed by atoms with Crippen LogP contribution in [-0.4, -0.2) is 28.6 Å². The number of nitrogens with one attached hydrogen (secondary N) is 1. The van der Waals surface area contributed by atoms with E-state index in [-0.39, 0.29) is 17.4 Å². The largest absolute Gasteiger partial charge is 0.367 e. The highest BCUT2D eigenvalue weighted by molar-refractivity contribution is 6.30. The molecular weight excluding hydrogens is 395 g/mol. The first-order valence-electron chi connectivity index (χ1n) is 9.45. The Kier molecular flexibility index (Phi) is 6.12. The molecule has 1 fully saturated rings. The number of aliphatic hydroxyl groups is 2. The van der Waals surface area contributed by atoms with Gasteiger partial charge in [0.2, 0.25) is 0 Å². The molecule has 4 unspecified atom stereocenters.